The number of aromatic nitrogens is 2. The van der Waals surface area contributed by atoms with E-state index in [1.165, 1.54) is 17.5 Å². The molecule has 0 aliphatic heterocycles. The van der Waals surface area contributed by atoms with E-state index < -0.39 is 0 Å². The van der Waals surface area contributed by atoms with Crippen molar-refractivity contribution in [1.82, 2.24) is 15.3 Å². The fraction of sp³-hybridized carbons (Fsp3) is 0.188. The van der Waals surface area contributed by atoms with Crippen LogP contribution in [0, 0.1) is 6.92 Å². The van der Waals surface area contributed by atoms with E-state index in [2.05, 4.69) is 46.2 Å². The molecule has 108 valence electrons. The Labute approximate surface area is 124 Å². The van der Waals surface area contributed by atoms with Crippen LogP contribution in [-0.4, -0.2) is 22.4 Å². The first kappa shape index (κ1) is 14.7. The van der Waals surface area contributed by atoms with Gasteiger partial charge in [-0.2, -0.15) is 0 Å². The van der Waals surface area contributed by atoms with E-state index in [1.54, 1.807) is 12.1 Å². The first-order valence-corrected chi connectivity index (χ1v) is 6.70. The standard InChI is InChI=1S/C16H18N4O/c1-3-8-17-16(21)14-9-15(20-11-19-14)18-10-13-7-5-4-6-12(13)2/h3-7,9,11H,1,8,10H2,2H3,(H,17,21)(H,18,19,20). The van der Waals surface area contributed by atoms with Gasteiger partial charge in [0.1, 0.15) is 17.8 Å². The smallest absolute Gasteiger partial charge is 0.270 e. The molecule has 0 saturated heterocycles. The Bertz CT molecular complexity index is 640. The van der Waals surface area contributed by atoms with Crippen molar-refractivity contribution in [3.05, 3.63) is 66.1 Å². The van der Waals surface area contributed by atoms with Gasteiger partial charge in [-0.3, -0.25) is 4.79 Å². The number of anilines is 1. The maximum absolute atomic E-state index is 11.8. The maximum Gasteiger partial charge on any atom is 0.270 e. The van der Waals surface area contributed by atoms with Crippen LogP contribution in [0.15, 0.2) is 49.3 Å². The van der Waals surface area contributed by atoms with Crippen molar-refractivity contribution in [3.8, 4) is 0 Å². The summed E-state index contributed by atoms with van der Waals surface area (Å²) in [5, 5.41) is 5.89. The summed E-state index contributed by atoms with van der Waals surface area (Å²) in [5.41, 5.74) is 2.73. The Morgan fingerprint density at radius 3 is 2.90 bits per heavy atom. The SMILES string of the molecule is C=CCNC(=O)c1cc(NCc2ccccc2C)ncn1. The number of hydrogen-bond acceptors (Lipinski definition) is 4. The van der Waals surface area contributed by atoms with E-state index in [0.29, 0.717) is 24.6 Å². The normalized spacial score (nSPS) is 9.95. The molecule has 0 aliphatic rings. The van der Waals surface area contributed by atoms with Crippen molar-refractivity contribution in [3.63, 3.8) is 0 Å². The molecule has 0 bridgehead atoms. The molecular formula is C16H18N4O. The van der Waals surface area contributed by atoms with Gasteiger partial charge in [0.05, 0.1) is 0 Å². The molecule has 0 fully saturated rings. The summed E-state index contributed by atoms with van der Waals surface area (Å²) >= 11 is 0. The van der Waals surface area contributed by atoms with Gasteiger partial charge in [0.25, 0.3) is 5.91 Å². The second-order valence-corrected chi connectivity index (χ2v) is 4.57. The van der Waals surface area contributed by atoms with E-state index in [0.717, 1.165) is 0 Å². The van der Waals surface area contributed by atoms with Crippen molar-refractivity contribution in [2.45, 2.75) is 13.5 Å². The molecule has 0 aliphatic carbocycles. The number of benzene rings is 1. The highest BCUT2D eigenvalue weighted by atomic mass is 16.1. The van der Waals surface area contributed by atoms with E-state index in [1.807, 2.05) is 12.1 Å². The monoisotopic (exact) mass is 282 g/mol. The van der Waals surface area contributed by atoms with Gasteiger partial charge in [0.15, 0.2) is 0 Å². The highest BCUT2D eigenvalue weighted by molar-refractivity contribution is 5.92. The van der Waals surface area contributed by atoms with Gasteiger partial charge in [0, 0.05) is 19.2 Å². The van der Waals surface area contributed by atoms with Crippen molar-refractivity contribution < 1.29 is 4.79 Å². The molecule has 2 aromatic rings. The predicted octanol–water partition coefficient (Wildman–Crippen LogP) is 2.31. The second kappa shape index (κ2) is 7.19. The summed E-state index contributed by atoms with van der Waals surface area (Å²) in [6.45, 7) is 6.68. The van der Waals surface area contributed by atoms with E-state index in [4.69, 9.17) is 0 Å². The minimum Gasteiger partial charge on any atom is -0.366 e. The largest absolute Gasteiger partial charge is 0.366 e. The number of rotatable bonds is 6. The average Bonchev–Trinajstić information content (AvgIpc) is 2.52. The molecule has 5 nitrogen and oxygen atoms in total. The van der Waals surface area contributed by atoms with Crippen molar-refractivity contribution in [2.24, 2.45) is 0 Å². The van der Waals surface area contributed by atoms with Crippen LogP contribution in [0.1, 0.15) is 21.6 Å². The van der Waals surface area contributed by atoms with Gasteiger partial charge in [-0.25, -0.2) is 9.97 Å². The summed E-state index contributed by atoms with van der Waals surface area (Å²) in [6.07, 6.45) is 3.00. The molecule has 0 spiro atoms. The van der Waals surface area contributed by atoms with E-state index in [-0.39, 0.29) is 5.91 Å². The van der Waals surface area contributed by atoms with Crippen molar-refractivity contribution >= 4 is 11.7 Å². The Balaban J connectivity index is 2.03. The molecule has 21 heavy (non-hydrogen) atoms. The number of aryl methyl sites for hydroxylation is 1. The minimum absolute atomic E-state index is 0.240. The van der Waals surface area contributed by atoms with Crippen LogP contribution in [-0.2, 0) is 6.54 Å². The Morgan fingerprint density at radius 1 is 1.33 bits per heavy atom. The first-order chi connectivity index (χ1) is 10.2. The molecular weight excluding hydrogens is 264 g/mol. The minimum atomic E-state index is -0.240. The Hall–Kier alpha value is -2.69. The number of carbonyl (C=O) groups excluding carboxylic acids is 1. The highest BCUT2D eigenvalue weighted by Gasteiger charge is 2.07. The fourth-order valence-electron chi connectivity index (χ4n) is 1.83. The van der Waals surface area contributed by atoms with Crippen LogP contribution >= 0.6 is 0 Å². The quantitative estimate of drug-likeness (QED) is 0.798. The zero-order valence-electron chi connectivity index (χ0n) is 12.0. The molecule has 0 radical (unpaired) electrons. The van der Waals surface area contributed by atoms with Gasteiger partial charge in [0.2, 0.25) is 0 Å². The lowest BCUT2D eigenvalue weighted by Crippen LogP contribution is -2.24. The van der Waals surface area contributed by atoms with Gasteiger partial charge in [-0.15, -0.1) is 6.58 Å². The molecule has 0 saturated carbocycles. The number of hydrogen-bond donors (Lipinski definition) is 2. The van der Waals surface area contributed by atoms with Gasteiger partial charge < -0.3 is 10.6 Å². The first-order valence-electron chi connectivity index (χ1n) is 6.70. The van der Waals surface area contributed by atoms with Crippen LogP contribution in [0.5, 0.6) is 0 Å². The predicted molar refractivity (Wildman–Crippen MR) is 83.1 cm³/mol. The molecule has 1 aromatic heterocycles. The summed E-state index contributed by atoms with van der Waals surface area (Å²) in [6, 6.07) is 9.76. The number of amides is 1. The second-order valence-electron chi connectivity index (χ2n) is 4.57. The Kier molecular flexibility index (Phi) is 5.04. The van der Waals surface area contributed by atoms with Gasteiger partial charge in [-0.05, 0) is 18.1 Å². The number of nitrogens with zero attached hydrogens (tertiary/aromatic N) is 2. The van der Waals surface area contributed by atoms with Crippen molar-refractivity contribution in [2.75, 3.05) is 11.9 Å². The van der Waals surface area contributed by atoms with Crippen LogP contribution < -0.4 is 10.6 Å². The van der Waals surface area contributed by atoms with Crippen LogP contribution in [0.25, 0.3) is 0 Å². The third kappa shape index (κ3) is 4.14. The lowest BCUT2D eigenvalue weighted by Gasteiger charge is -2.09. The van der Waals surface area contributed by atoms with Crippen LogP contribution in [0.3, 0.4) is 0 Å². The zero-order chi connectivity index (χ0) is 15.1. The average molecular weight is 282 g/mol. The Morgan fingerprint density at radius 2 is 2.14 bits per heavy atom. The third-order valence-corrected chi connectivity index (χ3v) is 3.03. The molecule has 5 heteroatoms. The maximum atomic E-state index is 11.8. The summed E-state index contributed by atoms with van der Waals surface area (Å²) in [5.74, 6) is 0.383. The lowest BCUT2D eigenvalue weighted by atomic mass is 10.1. The summed E-state index contributed by atoms with van der Waals surface area (Å²) < 4.78 is 0. The van der Waals surface area contributed by atoms with Crippen molar-refractivity contribution in [1.29, 1.82) is 0 Å². The van der Waals surface area contributed by atoms with Crippen LogP contribution in [0.4, 0.5) is 5.82 Å². The van der Waals surface area contributed by atoms with Gasteiger partial charge >= 0.3 is 0 Å². The third-order valence-electron chi connectivity index (χ3n) is 3.03. The highest BCUT2D eigenvalue weighted by Crippen LogP contribution is 2.10. The number of nitrogens with one attached hydrogen (secondary N) is 2. The number of carbonyl (C=O) groups is 1. The summed E-state index contributed by atoms with van der Waals surface area (Å²) in [4.78, 5) is 19.9. The van der Waals surface area contributed by atoms with E-state index in [9.17, 15) is 4.79 Å². The fourth-order valence-corrected chi connectivity index (χ4v) is 1.83. The molecule has 1 aromatic carbocycles. The molecule has 1 heterocycles. The molecule has 1 amide bonds. The molecule has 0 atom stereocenters. The molecule has 0 unspecified atom stereocenters. The lowest BCUT2D eigenvalue weighted by molar-refractivity contribution is 0.0953. The topological polar surface area (TPSA) is 66.9 Å². The zero-order valence-corrected chi connectivity index (χ0v) is 12.0. The van der Waals surface area contributed by atoms with Crippen LogP contribution in [0.2, 0.25) is 0 Å². The summed E-state index contributed by atoms with van der Waals surface area (Å²) in [7, 11) is 0. The molecule has 2 rings (SSSR count). The molecule has 2 N–H and O–H groups in total. The van der Waals surface area contributed by atoms with Gasteiger partial charge in [-0.1, -0.05) is 30.3 Å². The van der Waals surface area contributed by atoms with E-state index >= 15 is 0 Å².